The third-order valence-corrected chi connectivity index (χ3v) is 3.07. The topological polar surface area (TPSA) is 59.2 Å². The molecule has 1 saturated carbocycles. The van der Waals surface area contributed by atoms with Gasteiger partial charge in [-0.05, 0) is 30.5 Å². The Morgan fingerprint density at radius 2 is 2.12 bits per heavy atom. The molecular weight excluding hydrogens is 202 g/mol. The molecule has 1 aliphatic rings. The van der Waals surface area contributed by atoms with Gasteiger partial charge in [0.1, 0.15) is 0 Å². The average Bonchev–Trinajstić information content (AvgIpc) is 2.25. The maximum Gasteiger partial charge on any atom is 0.225 e. The van der Waals surface area contributed by atoms with E-state index < -0.39 is 0 Å². The van der Waals surface area contributed by atoms with Crippen molar-refractivity contribution in [2.24, 2.45) is 11.7 Å². The maximum atomic E-state index is 11.9. The largest absolute Gasteiger partial charge is 0.341 e. The Balaban J connectivity index is 1.88. The van der Waals surface area contributed by atoms with Crippen LogP contribution < -0.4 is 5.73 Å². The molecule has 2 rings (SSSR count). The van der Waals surface area contributed by atoms with E-state index in [1.165, 1.54) is 0 Å². The van der Waals surface area contributed by atoms with E-state index in [9.17, 15) is 4.79 Å². The lowest BCUT2D eigenvalue weighted by Gasteiger charge is -2.34. The van der Waals surface area contributed by atoms with Crippen LogP contribution in [-0.2, 0) is 11.3 Å². The quantitative estimate of drug-likeness (QED) is 0.817. The summed E-state index contributed by atoms with van der Waals surface area (Å²) >= 11 is 0. The number of carbonyl (C=O) groups is 1. The van der Waals surface area contributed by atoms with Gasteiger partial charge in [-0.1, -0.05) is 0 Å². The molecule has 0 bridgehead atoms. The van der Waals surface area contributed by atoms with Gasteiger partial charge in [-0.3, -0.25) is 9.78 Å². The Morgan fingerprint density at radius 1 is 1.50 bits per heavy atom. The van der Waals surface area contributed by atoms with Crippen molar-refractivity contribution >= 4 is 5.91 Å². The Labute approximate surface area is 95.5 Å². The number of hydrogen-bond acceptors (Lipinski definition) is 3. The van der Waals surface area contributed by atoms with Crippen LogP contribution >= 0.6 is 0 Å². The van der Waals surface area contributed by atoms with Crippen LogP contribution in [0, 0.1) is 5.92 Å². The number of aromatic nitrogens is 1. The molecule has 1 aromatic rings. The number of pyridine rings is 1. The molecule has 1 aliphatic carbocycles. The molecule has 0 radical (unpaired) electrons. The summed E-state index contributed by atoms with van der Waals surface area (Å²) in [5, 5.41) is 0. The lowest BCUT2D eigenvalue weighted by Crippen LogP contribution is -2.45. The summed E-state index contributed by atoms with van der Waals surface area (Å²) in [7, 11) is 1.84. The van der Waals surface area contributed by atoms with E-state index in [4.69, 9.17) is 5.73 Å². The van der Waals surface area contributed by atoms with Gasteiger partial charge >= 0.3 is 0 Å². The number of rotatable bonds is 3. The predicted octanol–water partition coefficient (Wildman–Crippen LogP) is 0.777. The van der Waals surface area contributed by atoms with Gasteiger partial charge in [0.2, 0.25) is 5.91 Å². The first-order valence-corrected chi connectivity index (χ1v) is 5.56. The van der Waals surface area contributed by atoms with E-state index >= 15 is 0 Å². The SMILES string of the molecule is CN(Cc1ccncc1)C(=O)C1CC(N)C1. The molecule has 0 unspecified atom stereocenters. The summed E-state index contributed by atoms with van der Waals surface area (Å²) in [5.41, 5.74) is 6.79. The van der Waals surface area contributed by atoms with Gasteiger partial charge in [0.15, 0.2) is 0 Å². The van der Waals surface area contributed by atoms with Gasteiger partial charge in [-0.15, -0.1) is 0 Å². The molecule has 16 heavy (non-hydrogen) atoms. The number of amides is 1. The second kappa shape index (κ2) is 4.61. The molecule has 0 saturated heterocycles. The molecule has 1 amide bonds. The van der Waals surface area contributed by atoms with Crippen LogP contribution in [0.1, 0.15) is 18.4 Å². The van der Waals surface area contributed by atoms with Crippen molar-refractivity contribution in [3.63, 3.8) is 0 Å². The van der Waals surface area contributed by atoms with Crippen molar-refractivity contribution in [2.75, 3.05) is 7.05 Å². The summed E-state index contributed by atoms with van der Waals surface area (Å²) in [4.78, 5) is 17.6. The third kappa shape index (κ3) is 2.39. The van der Waals surface area contributed by atoms with Gasteiger partial charge in [-0.2, -0.15) is 0 Å². The molecule has 4 heteroatoms. The molecule has 1 aromatic heterocycles. The molecule has 0 atom stereocenters. The minimum absolute atomic E-state index is 0.141. The zero-order valence-corrected chi connectivity index (χ0v) is 9.47. The minimum Gasteiger partial charge on any atom is -0.341 e. The molecule has 86 valence electrons. The molecular formula is C12H17N3O. The van der Waals surface area contributed by atoms with E-state index in [1.54, 1.807) is 17.3 Å². The van der Waals surface area contributed by atoms with Gasteiger partial charge in [0.05, 0.1) is 0 Å². The van der Waals surface area contributed by atoms with Crippen LogP contribution in [0.15, 0.2) is 24.5 Å². The maximum absolute atomic E-state index is 11.9. The van der Waals surface area contributed by atoms with Gasteiger partial charge < -0.3 is 10.6 Å². The van der Waals surface area contributed by atoms with E-state index in [0.717, 1.165) is 18.4 Å². The highest BCUT2D eigenvalue weighted by atomic mass is 16.2. The highest BCUT2D eigenvalue weighted by Crippen LogP contribution is 2.27. The highest BCUT2D eigenvalue weighted by Gasteiger charge is 2.33. The lowest BCUT2D eigenvalue weighted by molar-refractivity contribution is -0.137. The van der Waals surface area contributed by atoms with E-state index in [1.807, 2.05) is 19.2 Å². The first-order chi connectivity index (χ1) is 7.66. The summed E-state index contributed by atoms with van der Waals surface area (Å²) < 4.78 is 0. The van der Waals surface area contributed by atoms with Gasteiger partial charge in [0.25, 0.3) is 0 Å². The molecule has 4 nitrogen and oxygen atoms in total. The third-order valence-electron chi connectivity index (χ3n) is 3.07. The van der Waals surface area contributed by atoms with Crippen molar-refractivity contribution in [1.82, 2.24) is 9.88 Å². The van der Waals surface area contributed by atoms with Crippen LogP contribution in [0.2, 0.25) is 0 Å². The lowest BCUT2D eigenvalue weighted by atomic mass is 9.80. The Hall–Kier alpha value is -1.42. The zero-order valence-electron chi connectivity index (χ0n) is 9.47. The second-order valence-corrected chi connectivity index (χ2v) is 4.48. The molecule has 1 heterocycles. The van der Waals surface area contributed by atoms with Crippen molar-refractivity contribution in [2.45, 2.75) is 25.4 Å². The Bertz CT molecular complexity index is 360. The van der Waals surface area contributed by atoms with Crippen LogP contribution in [-0.4, -0.2) is 28.9 Å². The van der Waals surface area contributed by atoms with E-state index in [-0.39, 0.29) is 17.9 Å². The van der Waals surface area contributed by atoms with Crippen molar-refractivity contribution in [3.05, 3.63) is 30.1 Å². The summed E-state index contributed by atoms with van der Waals surface area (Å²) in [6.07, 6.45) is 5.15. The standard InChI is InChI=1S/C12H17N3O/c1-15(8-9-2-4-14-5-3-9)12(16)10-6-11(13)7-10/h2-5,10-11H,6-8,13H2,1H3. The molecule has 0 spiro atoms. The zero-order chi connectivity index (χ0) is 11.5. The van der Waals surface area contributed by atoms with Crippen molar-refractivity contribution in [1.29, 1.82) is 0 Å². The highest BCUT2D eigenvalue weighted by molar-refractivity contribution is 5.79. The minimum atomic E-state index is 0.141. The predicted molar refractivity (Wildman–Crippen MR) is 61.4 cm³/mol. The van der Waals surface area contributed by atoms with Crippen molar-refractivity contribution < 1.29 is 4.79 Å². The van der Waals surface area contributed by atoms with Crippen molar-refractivity contribution in [3.8, 4) is 0 Å². The normalized spacial score (nSPS) is 23.6. The summed E-state index contributed by atoms with van der Waals surface area (Å²) in [6.45, 7) is 0.646. The number of nitrogens with two attached hydrogens (primary N) is 1. The van der Waals surface area contributed by atoms with Crippen LogP contribution in [0.25, 0.3) is 0 Å². The van der Waals surface area contributed by atoms with Crippen LogP contribution in [0.3, 0.4) is 0 Å². The summed E-state index contributed by atoms with van der Waals surface area (Å²) in [6, 6.07) is 4.08. The average molecular weight is 219 g/mol. The Morgan fingerprint density at radius 3 is 2.69 bits per heavy atom. The monoisotopic (exact) mass is 219 g/mol. The fraction of sp³-hybridized carbons (Fsp3) is 0.500. The molecule has 0 aliphatic heterocycles. The van der Waals surface area contributed by atoms with Gasteiger partial charge in [0, 0.05) is 37.9 Å². The number of nitrogens with zero attached hydrogens (tertiary/aromatic N) is 2. The van der Waals surface area contributed by atoms with Crippen LogP contribution in [0.5, 0.6) is 0 Å². The molecule has 0 aromatic carbocycles. The van der Waals surface area contributed by atoms with Gasteiger partial charge in [-0.25, -0.2) is 0 Å². The Kier molecular flexibility index (Phi) is 3.19. The number of carbonyl (C=O) groups excluding carboxylic acids is 1. The second-order valence-electron chi connectivity index (χ2n) is 4.48. The first-order valence-electron chi connectivity index (χ1n) is 5.56. The molecule has 1 fully saturated rings. The smallest absolute Gasteiger partial charge is 0.225 e. The molecule has 2 N–H and O–H groups in total. The van der Waals surface area contributed by atoms with Crippen LogP contribution in [0.4, 0.5) is 0 Å². The fourth-order valence-corrected chi connectivity index (χ4v) is 2.02. The first kappa shape index (κ1) is 11.1. The number of hydrogen-bond donors (Lipinski definition) is 1. The van der Waals surface area contributed by atoms with E-state index in [2.05, 4.69) is 4.98 Å². The fourth-order valence-electron chi connectivity index (χ4n) is 2.02. The van der Waals surface area contributed by atoms with E-state index in [0.29, 0.717) is 6.54 Å². The summed E-state index contributed by atoms with van der Waals surface area (Å²) in [5.74, 6) is 0.348.